The molecule has 4 aliphatic carbocycles. The van der Waals surface area contributed by atoms with Crippen LogP contribution in [0.4, 0.5) is 0 Å². The van der Waals surface area contributed by atoms with Crippen LogP contribution in [0.25, 0.3) is 0 Å². The third kappa shape index (κ3) is 5.70. The molecule has 1 saturated heterocycles. The minimum Gasteiger partial charge on any atom is -0.363 e. The van der Waals surface area contributed by atoms with Crippen LogP contribution < -0.4 is 21.8 Å². The van der Waals surface area contributed by atoms with Crippen molar-refractivity contribution in [1.82, 2.24) is 21.0 Å². The molecular weight excluding hydrogens is 574 g/mol. The molecule has 0 radical (unpaired) electrons. The number of Topliss-reactive ketones (excluding diaryl/α,β-unsaturated/α-hetero) is 1. The predicted molar refractivity (Wildman–Crippen MR) is 167 cm³/mol. The van der Waals surface area contributed by atoms with Crippen LogP contribution in [0.3, 0.4) is 0 Å². The van der Waals surface area contributed by atoms with E-state index in [4.69, 9.17) is 5.73 Å². The lowest BCUT2D eigenvalue weighted by atomic mass is 9.73. The van der Waals surface area contributed by atoms with Crippen LogP contribution >= 0.6 is 0 Å². The van der Waals surface area contributed by atoms with Crippen molar-refractivity contribution in [2.24, 2.45) is 39.2 Å². The highest BCUT2D eigenvalue weighted by Gasteiger charge is 2.85. The van der Waals surface area contributed by atoms with Crippen molar-refractivity contribution < 1.29 is 29.2 Å². The Morgan fingerprint density at radius 2 is 1.56 bits per heavy atom. The van der Waals surface area contributed by atoms with Crippen LogP contribution in [0.1, 0.15) is 118 Å². The number of ketones is 1. The van der Waals surface area contributed by atoms with Gasteiger partial charge in [0.2, 0.25) is 23.5 Å². The molecule has 11 nitrogen and oxygen atoms in total. The van der Waals surface area contributed by atoms with Crippen molar-refractivity contribution in [1.29, 1.82) is 0 Å². The van der Waals surface area contributed by atoms with Crippen molar-refractivity contribution in [2.75, 3.05) is 6.54 Å². The molecule has 5 aliphatic rings. The van der Waals surface area contributed by atoms with Crippen molar-refractivity contribution in [3.8, 4) is 0 Å². The smallest absolute Gasteiger partial charge is 0.287 e. The Bertz CT molecular complexity index is 1200. The second-order valence-corrected chi connectivity index (χ2v) is 16.5. The summed E-state index contributed by atoms with van der Waals surface area (Å²) in [6, 6.07) is -3.66. The Morgan fingerprint density at radius 1 is 0.911 bits per heavy atom. The normalized spacial score (nSPS) is 29.3. The van der Waals surface area contributed by atoms with Crippen LogP contribution in [0.5, 0.6) is 0 Å². The second-order valence-electron chi connectivity index (χ2n) is 16.5. The number of carbonyl (C=O) groups is 5. The fourth-order valence-corrected chi connectivity index (χ4v) is 9.69. The first kappa shape index (κ1) is 33.8. The summed E-state index contributed by atoms with van der Waals surface area (Å²) in [5.74, 6) is -2.91. The van der Waals surface area contributed by atoms with E-state index in [-0.39, 0.29) is 34.0 Å². The van der Waals surface area contributed by atoms with E-state index < -0.39 is 53.1 Å². The summed E-state index contributed by atoms with van der Waals surface area (Å²) in [5, 5.41) is 15.8. The van der Waals surface area contributed by atoms with E-state index in [9.17, 15) is 29.2 Å². The molecule has 1 heterocycles. The molecule has 4 saturated carbocycles. The average Bonchev–Trinajstić information content (AvgIpc) is 3.16. The van der Waals surface area contributed by atoms with Gasteiger partial charge in [0.05, 0.1) is 6.04 Å². The van der Waals surface area contributed by atoms with Crippen molar-refractivity contribution in [3.63, 3.8) is 0 Å². The maximum atomic E-state index is 14.6. The summed E-state index contributed by atoms with van der Waals surface area (Å²) in [6.45, 7) is 10.5. The van der Waals surface area contributed by atoms with Gasteiger partial charge < -0.3 is 26.5 Å². The minimum atomic E-state index is -1.08. The summed E-state index contributed by atoms with van der Waals surface area (Å²) in [7, 11) is 0. The molecule has 4 amide bonds. The number of nitrogens with two attached hydrogens (primary N) is 1. The molecule has 0 bridgehead atoms. The molecule has 1 aliphatic heterocycles. The number of hydrogen-bond acceptors (Lipinski definition) is 7. The molecule has 0 aromatic carbocycles. The highest BCUT2D eigenvalue weighted by molar-refractivity contribution is 6.37. The van der Waals surface area contributed by atoms with Gasteiger partial charge in [-0.05, 0) is 66.6 Å². The molecule has 11 heteroatoms. The van der Waals surface area contributed by atoms with E-state index in [1.54, 1.807) is 4.90 Å². The fourth-order valence-electron chi connectivity index (χ4n) is 9.69. The van der Waals surface area contributed by atoms with Crippen LogP contribution in [0.2, 0.25) is 0 Å². The topological polar surface area (TPSA) is 171 Å². The first-order valence-corrected chi connectivity index (χ1v) is 17.2. The molecule has 5 atom stereocenters. The van der Waals surface area contributed by atoms with Gasteiger partial charge in [0.15, 0.2) is 0 Å². The van der Waals surface area contributed by atoms with E-state index in [0.717, 1.165) is 70.6 Å². The first-order valence-electron chi connectivity index (χ1n) is 17.2. The maximum absolute atomic E-state index is 14.6. The molecule has 5 fully saturated rings. The van der Waals surface area contributed by atoms with Gasteiger partial charge in [-0.1, -0.05) is 79.6 Å². The van der Waals surface area contributed by atoms with E-state index >= 15 is 0 Å². The molecular formula is C34H55N5O6. The van der Waals surface area contributed by atoms with Gasteiger partial charge in [0, 0.05) is 12.0 Å². The van der Waals surface area contributed by atoms with Crippen LogP contribution in [-0.2, 0) is 24.0 Å². The maximum Gasteiger partial charge on any atom is 0.287 e. The Balaban J connectivity index is 1.42. The molecule has 6 N–H and O–H groups in total. The number of nitrogens with zero attached hydrogens (tertiary/aromatic N) is 1. The Hall–Kier alpha value is -2.53. The number of nitrogens with one attached hydrogen (secondary N) is 3. The highest BCUT2D eigenvalue weighted by atomic mass is 16.5. The standard InChI is InChI=1S/C34H55N5O6/c1-31(2,3)26(37-29(43)24(38-45)21-13-7-6-8-14-21)30(44)39-19-34(32(4,5)33(34)15-10-16-33)18-23(39)28(42)36-22(25(40)27(35)41)17-20-11-9-12-20/h20-24,26,38,45H,6-19H2,1-5H3,(H2,35,41)(H,36,42)(H,37,43)/t22?,23-,24-,26+,34+/m0/s1. The lowest BCUT2D eigenvalue weighted by molar-refractivity contribution is -0.146. The first-order chi connectivity index (χ1) is 21.1. The van der Waals surface area contributed by atoms with Crippen molar-refractivity contribution in [2.45, 2.75) is 142 Å². The van der Waals surface area contributed by atoms with Gasteiger partial charge in [0.1, 0.15) is 18.1 Å². The number of fused-ring (bicyclic) bond motifs is 1. The van der Waals surface area contributed by atoms with Gasteiger partial charge in [0.25, 0.3) is 5.91 Å². The van der Waals surface area contributed by atoms with Gasteiger partial charge in [-0.25, -0.2) is 0 Å². The Labute approximate surface area is 267 Å². The number of primary amides is 1. The SMILES string of the molecule is CC(C)(C)[C@H](NC(=O)[C@@H](NO)C1CCCCC1)C(=O)N1C[C@]2(C[C@H]1C(=O)NC(CC1CCC1)C(=O)C(N)=O)C(C)(C)C21CCC1. The number of hydrogen-bond donors (Lipinski definition) is 5. The monoisotopic (exact) mass is 629 g/mol. The second kappa shape index (κ2) is 12.2. The zero-order valence-electron chi connectivity index (χ0n) is 27.9. The fraction of sp³-hybridized carbons (Fsp3) is 0.853. The number of hydroxylamine groups is 1. The quantitative estimate of drug-likeness (QED) is 0.173. The van der Waals surface area contributed by atoms with Gasteiger partial charge in [-0.2, -0.15) is 5.48 Å². The van der Waals surface area contributed by atoms with E-state index in [2.05, 4.69) is 30.0 Å². The highest BCUT2D eigenvalue weighted by Crippen LogP contribution is 2.88. The summed E-state index contributed by atoms with van der Waals surface area (Å²) < 4.78 is 0. The van der Waals surface area contributed by atoms with Gasteiger partial charge in [-0.3, -0.25) is 24.0 Å². The van der Waals surface area contributed by atoms with Gasteiger partial charge >= 0.3 is 0 Å². The third-order valence-electron chi connectivity index (χ3n) is 13.0. The Morgan fingerprint density at radius 3 is 2.02 bits per heavy atom. The van der Waals surface area contributed by atoms with Crippen molar-refractivity contribution in [3.05, 3.63) is 0 Å². The lowest BCUT2D eigenvalue weighted by Gasteiger charge is -2.37. The predicted octanol–water partition coefficient (Wildman–Crippen LogP) is 2.97. The van der Waals surface area contributed by atoms with Crippen molar-refractivity contribution >= 4 is 29.4 Å². The molecule has 45 heavy (non-hydrogen) atoms. The molecule has 5 rings (SSSR count). The van der Waals surface area contributed by atoms with Gasteiger partial charge in [-0.15, -0.1) is 0 Å². The third-order valence-corrected chi connectivity index (χ3v) is 13.0. The number of likely N-dealkylation sites (tertiary alicyclic amines) is 1. The molecule has 1 unspecified atom stereocenters. The molecule has 252 valence electrons. The van der Waals surface area contributed by atoms with Crippen LogP contribution in [-0.4, -0.2) is 70.2 Å². The molecule has 0 aromatic heterocycles. The van der Waals surface area contributed by atoms with E-state index in [1.807, 2.05) is 20.8 Å². The van der Waals surface area contributed by atoms with Crippen LogP contribution in [0, 0.1) is 33.5 Å². The summed E-state index contributed by atoms with van der Waals surface area (Å²) in [5.41, 5.74) is 6.63. The summed E-state index contributed by atoms with van der Waals surface area (Å²) in [6.07, 6.45) is 11.7. The Kier molecular flexibility index (Phi) is 9.21. The number of amides is 4. The number of carbonyl (C=O) groups excluding carboxylic acids is 5. The summed E-state index contributed by atoms with van der Waals surface area (Å²) in [4.78, 5) is 68.8. The summed E-state index contributed by atoms with van der Waals surface area (Å²) >= 11 is 0. The molecule has 2 spiro atoms. The lowest BCUT2D eigenvalue weighted by Crippen LogP contribution is -2.61. The zero-order valence-corrected chi connectivity index (χ0v) is 27.9. The number of rotatable bonds is 11. The zero-order chi connectivity index (χ0) is 32.9. The largest absolute Gasteiger partial charge is 0.363 e. The average molecular weight is 630 g/mol. The van der Waals surface area contributed by atoms with E-state index in [1.165, 1.54) is 0 Å². The minimum absolute atomic E-state index is 0.0332. The van der Waals surface area contributed by atoms with Crippen LogP contribution in [0.15, 0.2) is 0 Å². The van der Waals surface area contributed by atoms with E-state index in [0.29, 0.717) is 19.4 Å². The molecule has 0 aromatic rings.